The van der Waals surface area contributed by atoms with E-state index < -0.39 is 0 Å². The monoisotopic (exact) mass is 446 g/mol. The molecule has 4 aromatic rings. The maximum Gasteiger partial charge on any atom is 0.216 e. The van der Waals surface area contributed by atoms with E-state index in [1.165, 1.54) is 4.68 Å². The van der Waals surface area contributed by atoms with Crippen molar-refractivity contribution in [1.82, 2.24) is 14.9 Å². The molecule has 0 amide bonds. The summed E-state index contributed by atoms with van der Waals surface area (Å²) < 4.78 is 19.2. The van der Waals surface area contributed by atoms with Crippen LogP contribution in [0.5, 0.6) is 17.2 Å². The minimum absolute atomic E-state index is 0.212. The van der Waals surface area contributed by atoms with Gasteiger partial charge in [0.05, 0.1) is 13.3 Å². The minimum atomic E-state index is 0.212. The summed E-state index contributed by atoms with van der Waals surface area (Å²) >= 11 is 5.34. The summed E-state index contributed by atoms with van der Waals surface area (Å²) in [7, 11) is 1.61. The van der Waals surface area contributed by atoms with E-state index >= 15 is 0 Å². The first kappa shape index (κ1) is 21.3. The number of H-pyrrole nitrogens is 1. The van der Waals surface area contributed by atoms with Gasteiger partial charge >= 0.3 is 0 Å². The van der Waals surface area contributed by atoms with Crippen molar-refractivity contribution >= 4 is 18.4 Å². The molecule has 0 atom stereocenters. The number of nitrogens with one attached hydrogen (secondary N) is 1. The van der Waals surface area contributed by atoms with Crippen molar-refractivity contribution in [2.24, 2.45) is 5.10 Å². The van der Waals surface area contributed by atoms with Crippen molar-refractivity contribution in [2.75, 3.05) is 7.11 Å². The summed E-state index contributed by atoms with van der Waals surface area (Å²) in [4.78, 5) is 0. The predicted molar refractivity (Wildman–Crippen MR) is 125 cm³/mol. The van der Waals surface area contributed by atoms with Crippen LogP contribution in [0.25, 0.3) is 0 Å². The zero-order valence-corrected chi connectivity index (χ0v) is 18.3. The zero-order valence-electron chi connectivity index (χ0n) is 17.5. The number of benzene rings is 3. The highest BCUT2D eigenvalue weighted by atomic mass is 32.1. The number of hydrogen-bond acceptors (Lipinski definition) is 6. The Balaban J connectivity index is 1.55. The molecular weight excluding hydrogens is 424 g/mol. The Hall–Kier alpha value is -3.91. The number of para-hydroxylation sites is 2. The van der Waals surface area contributed by atoms with Gasteiger partial charge < -0.3 is 14.2 Å². The molecule has 0 saturated heterocycles. The average molecular weight is 447 g/mol. The molecule has 0 saturated carbocycles. The fourth-order valence-corrected chi connectivity index (χ4v) is 3.20. The van der Waals surface area contributed by atoms with Gasteiger partial charge in [0.1, 0.15) is 19.0 Å². The van der Waals surface area contributed by atoms with Crippen LogP contribution in [-0.2, 0) is 13.2 Å². The molecule has 32 heavy (non-hydrogen) atoms. The number of rotatable bonds is 9. The highest BCUT2D eigenvalue weighted by molar-refractivity contribution is 7.71. The third-order valence-electron chi connectivity index (χ3n) is 4.60. The Morgan fingerprint density at radius 1 is 0.938 bits per heavy atom. The van der Waals surface area contributed by atoms with Crippen LogP contribution in [0.15, 0.2) is 84.0 Å². The first-order valence-corrected chi connectivity index (χ1v) is 10.4. The largest absolute Gasteiger partial charge is 0.493 e. The molecule has 1 heterocycles. The number of methoxy groups -OCH3 is 1. The van der Waals surface area contributed by atoms with E-state index in [-0.39, 0.29) is 6.61 Å². The Morgan fingerprint density at radius 2 is 1.69 bits per heavy atom. The molecule has 0 aliphatic carbocycles. The van der Waals surface area contributed by atoms with E-state index in [1.54, 1.807) is 13.3 Å². The standard InChI is InChI=1S/C24H22N4O3S/c1-29-21-14-8-11-19(23(21)31-16-18-9-4-2-5-10-18)15-25-28-22(26-27-24(28)32)17-30-20-12-6-3-7-13-20/h2-15H,16-17H2,1H3,(H,27,32)/b25-15-. The summed E-state index contributed by atoms with van der Waals surface area (Å²) in [6, 6.07) is 25.1. The van der Waals surface area contributed by atoms with Gasteiger partial charge in [0.15, 0.2) is 17.3 Å². The molecule has 3 aromatic carbocycles. The van der Waals surface area contributed by atoms with Crippen LogP contribution < -0.4 is 14.2 Å². The summed E-state index contributed by atoms with van der Waals surface area (Å²) in [6.45, 7) is 0.618. The van der Waals surface area contributed by atoms with Crippen LogP contribution in [-0.4, -0.2) is 28.2 Å². The molecule has 0 aliphatic rings. The van der Waals surface area contributed by atoms with Crippen LogP contribution in [0.2, 0.25) is 0 Å². The van der Waals surface area contributed by atoms with Gasteiger partial charge in [0.2, 0.25) is 4.77 Å². The summed E-state index contributed by atoms with van der Waals surface area (Å²) in [5.41, 5.74) is 1.80. The van der Waals surface area contributed by atoms with E-state index in [9.17, 15) is 0 Å². The van der Waals surface area contributed by atoms with E-state index in [2.05, 4.69) is 15.3 Å². The lowest BCUT2D eigenvalue weighted by Gasteiger charge is -2.13. The average Bonchev–Trinajstić information content (AvgIpc) is 3.20. The molecule has 4 rings (SSSR count). The molecule has 0 spiro atoms. The minimum Gasteiger partial charge on any atom is -0.493 e. The highest BCUT2D eigenvalue weighted by Gasteiger charge is 2.11. The van der Waals surface area contributed by atoms with Gasteiger partial charge in [-0.15, -0.1) is 0 Å². The number of nitrogens with zero attached hydrogens (tertiary/aromatic N) is 3. The van der Waals surface area contributed by atoms with Crippen molar-refractivity contribution in [3.63, 3.8) is 0 Å². The van der Waals surface area contributed by atoms with E-state index in [1.807, 2.05) is 78.9 Å². The molecule has 0 fully saturated rings. The highest BCUT2D eigenvalue weighted by Crippen LogP contribution is 2.31. The first-order valence-electron chi connectivity index (χ1n) is 9.97. The van der Waals surface area contributed by atoms with Crippen LogP contribution in [0.3, 0.4) is 0 Å². The summed E-state index contributed by atoms with van der Waals surface area (Å²) in [5, 5.41) is 11.5. The molecule has 0 unspecified atom stereocenters. The topological polar surface area (TPSA) is 73.7 Å². The maximum atomic E-state index is 6.08. The van der Waals surface area contributed by atoms with Gasteiger partial charge in [-0.1, -0.05) is 54.6 Å². The van der Waals surface area contributed by atoms with Crippen molar-refractivity contribution in [3.8, 4) is 17.2 Å². The van der Waals surface area contributed by atoms with Crippen LogP contribution in [0.4, 0.5) is 0 Å². The van der Waals surface area contributed by atoms with Gasteiger partial charge in [-0.2, -0.15) is 14.9 Å². The van der Waals surface area contributed by atoms with Crippen LogP contribution in [0.1, 0.15) is 17.0 Å². The van der Waals surface area contributed by atoms with E-state index in [0.29, 0.717) is 28.7 Å². The molecule has 0 aliphatic heterocycles. The second kappa shape index (κ2) is 10.4. The number of hydrogen-bond donors (Lipinski definition) is 1. The van der Waals surface area contributed by atoms with Crippen molar-refractivity contribution in [2.45, 2.75) is 13.2 Å². The lowest BCUT2D eigenvalue weighted by molar-refractivity contribution is 0.284. The SMILES string of the molecule is COc1cccc(/C=N\n2c(COc3ccccc3)n[nH]c2=S)c1OCc1ccccc1. The van der Waals surface area contributed by atoms with Gasteiger partial charge in [-0.05, 0) is 42.0 Å². The van der Waals surface area contributed by atoms with Crippen LogP contribution in [0, 0.1) is 4.77 Å². The second-order valence-corrected chi connectivity index (χ2v) is 7.14. The lowest BCUT2D eigenvalue weighted by Crippen LogP contribution is -2.05. The van der Waals surface area contributed by atoms with E-state index in [0.717, 1.165) is 16.9 Å². The molecule has 1 aromatic heterocycles. The zero-order chi connectivity index (χ0) is 22.2. The number of aromatic nitrogens is 3. The number of aromatic amines is 1. The van der Waals surface area contributed by atoms with Gasteiger partial charge in [0, 0.05) is 5.56 Å². The van der Waals surface area contributed by atoms with Gasteiger partial charge in [-0.3, -0.25) is 0 Å². The Morgan fingerprint density at radius 3 is 2.44 bits per heavy atom. The number of ether oxygens (including phenoxy) is 3. The normalized spacial score (nSPS) is 10.9. The molecule has 1 N–H and O–H groups in total. The predicted octanol–water partition coefficient (Wildman–Crippen LogP) is 4.99. The summed E-state index contributed by atoms with van der Waals surface area (Å²) in [5.74, 6) is 2.50. The quantitative estimate of drug-likeness (QED) is 0.290. The van der Waals surface area contributed by atoms with Gasteiger partial charge in [0.25, 0.3) is 0 Å². The smallest absolute Gasteiger partial charge is 0.216 e. The molecule has 0 bridgehead atoms. The molecule has 0 radical (unpaired) electrons. The first-order chi connectivity index (χ1) is 15.7. The summed E-state index contributed by atoms with van der Waals surface area (Å²) in [6.07, 6.45) is 1.67. The third-order valence-corrected chi connectivity index (χ3v) is 4.86. The molecule has 8 heteroatoms. The fourth-order valence-electron chi connectivity index (χ4n) is 3.00. The Kier molecular flexibility index (Phi) is 6.94. The van der Waals surface area contributed by atoms with Crippen molar-refractivity contribution < 1.29 is 14.2 Å². The fraction of sp³-hybridized carbons (Fsp3) is 0.125. The third kappa shape index (κ3) is 5.22. The molecule has 162 valence electrons. The van der Waals surface area contributed by atoms with E-state index in [4.69, 9.17) is 26.4 Å². The Labute approximate surface area is 190 Å². The van der Waals surface area contributed by atoms with Crippen molar-refractivity contribution in [1.29, 1.82) is 0 Å². The Bertz CT molecular complexity index is 1240. The maximum absolute atomic E-state index is 6.08. The second-order valence-electron chi connectivity index (χ2n) is 6.76. The van der Waals surface area contributed by atoms with Gasteiger partial charge in [-0.25, -0.2) is 5.10 Å². The lowest BCUT2D eigenvalue weighted by atomic mass is 10.2. The molecule has 7 nitrogen and oxygen atoms in total. The molecular formula is C24H22N4O3S. The van der Waals surface area contributed by atoms with Crippen molar-refractivity contribution in [3.05, 3.63) is 101 Å². The van der Waals surface area contributed by atoms with Crippen LogP contribution >= 0.6 is 12.2 Å².